The fourth-order valence-corrected chi connectivity index (χ4v) is 2.36. The third kappa shape index (κ3) is 2.85. The molecule has 1 N–H and O–H groups in total. The highest BCUT2D eigenvalue weighted by Crippen LogP contribution is 2.10. The van der Waals surface area contributed by atoms with Gasteiger partial charge in [-0.15, -0.1) is 0 Å². The summed E-state index contributed by atoms with van der Waals surface area (Å²) in [6.07, 6.45) is 3.73. The number of hydrogen-bond donors (Lipinski definition) is 1. The van der Waals surface area contributed by atoms with Crippen molar-refractivity contribution in [2.75, 3.05) is 51.2 Å². The van der Waals surface area contributed by atoms with Gasteiger partial charge in [0.05, 0.1) is 6.20 Å². The average molecular weight is 260 g/mol. The number of likely N-dealkylation sites (N-methyl/N-ethyl adjacent to an activating group) is 1. The molecule has 6 heteroatoms. The van der Waals surface area contributed by atoms with Gasteiger partial charge in [-0.25, -0.2) is 9.50 Å². The maximum absolute atomic E-state index is 4.59. The summed E-state index contributed by atoms with van der Waals surface area (Å²) in [5, 5.41) is 7.53. The Labute approximate surface area is 113 Å². The lowest BCUT2D eigenvalue weighted by atomic mass is 10.3. The van der Waals surface area contributed by atoms with E-state index < -0.39 is 0 Å². The lowest BCUT2D eigenvalue weighted by Gasteiger charge is -2.29. The van der Waals surface area contributed by atoms with Gasteiger partial charge in [-0.1, -0.05) is 0 Å². The first-order valence-corrected chi connectivity index (χ1v) is 6.77. The van der Waals surface area contributed by atoms with Crippen molar-refractivity contribution in [3.8, 4) is 0 Å². The van der Waals surface area contributed by atoms with Crippen LogP contribution in [-0.2, 0) is 0 Å². The molecule has 1 aliphatic rings. The molecule has 1 fully saturated rings. The van der Waals surface area contributed by atoms with Gasteiger partial charge in [-0.2, -0.15) is 5.10 Å². The average Bonchev–Trinajstić information content (AvgIpc) is 2.93. The van der Waals surface area contributed by atoms with E-state index in [1.807, 2.05) is 18.3 Å². The van der Waals surface area contributed by atoms with Crippen LogP contribution in [0.5, 0.6) is 0 Å². The third-order valence-electron chi connectivity index (χ3n) is 3.60. The normalized spacial score (nSPS) is 16.9. The summed E-state index contributed by atoms with van der Waals surface area (Å²) in [7, 11) is 2.09. The molecule has 19 heavy (non-hydrogen) atoms. The Morgan fingerprint density at radius 1 is 1.32 bits per heavy atom. The van der Waals surface area contributed by atoms with Gasteiger partial charge in [0.15, 0.2) is 5.65 Å². The molecule has 1 saturated heterocycles. The van der Waals surface area contributed by atoms with E-state index in [4.69, 9.17) is 0 Å². The van der Waals surface area contributed by atoms with Gasteiger partial charge in [0.2, 0.25) is 0 Å². The summed E-state index contributed by atoms with van der Waals surface area (Å²) in [6.45, 7) is 6.57. The SMILES string of the molecule is CN(CCN1CCNCC1)c1ccn2nccc2n1. The molecule has 0 aliphatic carbocycles. The molecule has 102 valence electrons. The molecule has 0 saturated carbocycles. The summed E-state index contributed by atoms with van der Waals surface area (Å²) < 4.78 is 1.79. The second kappa shape index (κ2) is 5.54. The molecule has 0 bridgehead atoms. The molecule has 0 aromatic carbocycles. The van der Waals surface area contributed by atoms with Gasteiger partial charge in [0, 0.05) is 58.6 Å². The maximum Gasteiger partial charge on any atom is 0.157 e. The zero-order chi connectivity index (χ0) is 13.1. The molecule has 3 rings (SSSR count). The van der Waals surface area contributed by atoms with Gasteiger partial charge in [-0.3, -0.25) is 4.90 Å². The summed E-state index contributed by atoms with van der Waals surface area (Å²) in [4.78, 5) is 9.29. The lowest BCUT2D eigenvalue weighted by Crippen LogP contribution is -2.46. The molecule has 0 amide bonds. The molecule has 2 aromatic rings. The number of nitrogens with zero attached hydrogens (tertiary/aromatic N) is 5. The summed E-state index contributed by atoms with van der Waals surface area (Å²) >= 11 is 0. The molecule has 6 nitrogen and oxygen atoms in total. The minimum absolute atomic E-state index is 0.895. The first kappa shape index (κ1) is 12.4. The smallest absolute Gasteiger partial charge is 0.157 e. The highest BCUT2D eigenvalue weighted by atomic mass is 15.3. The lowest BCUT2D eigenvalue weighted by molar-refractivity contribution is 0.246. The van der Waals surface area contributed by atoms with Crippen LogP contribution in [0.2, 0.25) is 0 Å². The molecule has 2 aromatic heterocycles. The minimum atomic E-state index is 0.895. The number of rotatable bonds is 4. The fourth-order valence-electron chi connectivity index (χ4n) is 2.36. The Bertz CT molecular complexity index is 531. The van der Waals surface area contributed by atoms with Gasteiger partial charge < -0.3 is 10.2 Å². The molecule has 1 aliphatic heterocycles. The van der Waals surface area contributed by atoms with Crippen molar-refractivity contribution >= 4 is 11.5 Å². The van der Waals surface area contributed by atoms with Crippen LogP contribution in [0.3, 0.4) is 0 Å². The predicted octanol–water partition coefficient (Wildman–Crippen LogP) is 0.0707. The third-order valence-corrected chi connectivity index (χ3v) is 3.60. The van der Waals surface area contributed by atoms with Crippen molar-refractivity contribution in [1.82, 2.24) is 24.8 Å². The van der Waals surface area contributed by atoms with E-state index in [-0.39, 0.29) is 0 Å². The number of piperazine rings is 1. The first-order chi connectivity index (χ1) is 9.33. The molecular formula is C13H20N6. The highest BCUT2D eigenvalue weighted by Gasteiger charge is 2.11. The predicted molar refractivity (Wildman–Crippen MR) is 75.6 cm³/mol. The molecule has 0 radical (unpaired) electrons. The summed E-state index contributed by atoms with van der Waals surface area (Å²) in [5.41, 5.74) is 0.895. The van der Waals surface area contributed by atoms with Crippen molar-refractivity contribution in [3.63, 3.8) is 0 Å². The summed E-state index contributed by atoms with van der Waals surface area (Å²) in [5.74, 6) is 1.00. The van der Waals surface area contributed by atoms with Crippen LogP contribution in [-0.4, -0.2) is 65.8 Å². The van der Waals surface area contributed by atoms with Gasteiger partial charge in [-0.05, 0) is 6.07 Å². The molecule has 0 unspecified atom stereocenters. The Morgan fingerprint density at radius 3 is 3.00 bits per heavy atom. The van der Waals surface area contributed by atoms with Crippen LogP contribution < -0.4 is 10.2 Å². The van der Waals surface area contributed by atoms with E-state index in [0.717, 1.165) is 50.7 Å². The van der Waals surface area contributed by atoms with Crippen LogP contribution in [0.4, 0.5) is 5.82 Å². The zero-order valence-corrected chi connectivity index (χ0v) is 11.3. The Hall–Kier alpha value is -1.66. The van der Waals surface area contributed by atoms with E-state index in [9.17, 15) is 0 Å². The van der Waals surface area contributed by atoms with Crippen molar-refractivity contribution in [2.24, 2.45) is 0 Å². The van der Waals surface area contributed by atoms with Crippen LogP contribution in [0.25, 0.3) is 5.65 Å². The van der Waals surface area contributed by atoms with Crippen molar-refractivity contribution in [1.29, 1.82) is 0 Å². The van der Waals surface area contributed by atoms with Gasteiger partial charge in [0.1, 0.15) is 5.82 Å². The van der Waals surface area contributed by atoms with Crippen molar-refractivity contribution < 1.29 is 0 Å². The molecule has 0 spiro atoms. The topological polar surface area (TPSA) is 48.7 Å². The van der Waals surface area contributed by atoms with Crippen LogP contribution in [0, 0.1) is 0 Å². The van der Waals surface area contributed by atoms with Crippen LogP contribution in [0.15, 0.2) is 24.5 Å². The maximum atomic E-state index is 4.59. The molecule has 0 atom stereocenters. The van der Waals surface area contributed by atoms with Crippen LogP contribution in [0.1, 0.15) is 0 Å². The number of nitrogens with one attached hydrogen (secondary N) is 1. The van der Waals surface area contributed by atoms with Crippen LogP contribution >= 0.6 is 0 Å². The second-order valence-corrected chi connectivity index (χ2v) is 4.93. The quantitative estimate of drug-likeness (QED) is 0.843. The second-order valence-electron chi connectivity index (χ2n) is 4.93. The van der Waals surface area contributed by atoms with E-state index in [1.165, 1.54) is 0 Å². The number of hydrogen-bond acceptors (Lipinski definition) is 5. The number of anilines is 1. The minimum Gasteiger partial charge on any atom is -0.358 e. The van der Waals surface area contributed by atoms with E-state index in [0.29, 0.717) is 0 Å². The molecule has 3 heterocycles. The zero-order valence-electron chi connectivity index (χ0n) is 11.3. The first-order valence-electron chi connectivity index (χ1n) is 6.77. The van der Waals surface area contributed by atoms with Gasteiger partial charge >= 0.3 is 0 Å². The Kier molecular flexibility index (Phi) is 3.61. The monoisotopic (exact) mass is 260 g/mol. The summed E-state index contributed by atoms with van der Waals surface area (Å²) in [6, 6.07) is 3.94. The number of fused-ring (bicyclic) bond motifs is 1. The van der Waals surface area contributed by atoms with Crippen molar-refractivity contribution in [3.05, 3.63) is 24.5 Å². The van der Waals surface area contributed by atoms with Gasteiger partial charge in [0.25, 0.3) is 0 Å². The van der Waals surface area contributed by atoms with Crippen molar-refractivity contribution in [2.45, 2.75) is 0 Å². The van der Waals surface area contributed by atoms with E-state index >= 15 is 0 Å². The Balaban J connectivity index is 1.60. The van der Waals surface area contributed by atoms with E-state index in [1.54, 1.807) is 10.7 Å². The van der Waals surface area contributed by atoms with E-state index in [2.05, 4.69) is 32.2 Å². The standard InChI is InChI=1S/C13H20N6/c1-17(10-11-18-8-5-14-6-9-18)12-3-7-19-13(16-12)2-4-15-19/h2-4,7,14H,5-6,8-11H2,1H3. The fraction of sp³-hybridized carbons (Fsp3) is 0.538. The molecular weight excluding hydrogens is 240 g/mol. The number of aromatic nitrogens is 3. The highest BCUT2D eigenvalue weighted by molar-refractivity contribution is 5.46. The largest absolute Gasteiger partial charge is 0.358 e. The Morgan fingerprint density at radius 2 is 2.16 bits per heavy atom.